The van der Waals surface area contributed by atoms with Gasteiger partial charge in [-0.25, -0.2) is 9.36 Å². The zero-order valence-electron chi connectivity index (χ0n) is 20.0. The van der Waals surface area contributed by atoms with Gasteiger partial charge >= 0.3 is 13.8 Å². The minimum atomic E-state index is -4.01. The summed E-state index contributed by atoms with van der Waals surface area (Å²) in [6.45, 7) is 1.91. The number of aliphatic carboxylic acids is 1. The summed E-state index contributed by atoms with van der Waals surface area (Å²) >= 11 is 0. The van der Waals surface area contributed by atoms with Crippen LogP contribution in [0.1, 0.15) is 36.5 Å². The Hall–Kier alpha value is -3.45. The van der Waals surface area contributed by atoms with Crippen molar-refractivity contribution in [1.82, 2.24) is 5.32 Å². The highest BCUT2D eigenvalue weighted by atomic mass is 31.2. The second-order valence-electron chi connectivity index (χ2n) is 8.11. The zero-order valence-corrected chi connectivity index (χ0v) is 20.9. The molecule has 1 amide bonds. The molecular weight excluding hydrogens is 481 g/mol. The molecule has 36 heavy (non-hydrogen) atoms. The summed E-state index contributed by atoms with van der Waals surface area (Å²) in [4.78, 5) is 23.4. The van der Waals surface area contributed by atoms with Crippen LogP contribution in [0, 0.1) is 0 Å². The number of carbonyl (C=O) groups excluding carboxylic acids is 1. The van der Waals surface area contributed by atoms with Crippen molar-refractivity contribution in [1.29, 1.82) is 0 Å². The van der Waals surface area contributed by atoms with Gasteiger partial charge in [-0.3, -0.25) is 13.8 Å². The van der Waals surface area contributed by atoms with Crippen molar-refractivity contribution in [2.75, 3.05) is 0 Å². The van der Waals surface area contributed by atoms with Gasteiger partial charge < -0.3 is 14.9 Å². The van der Waals surface area contributed by atoms with Gasteiger partial charge in [-0.1, -0.05) is 79.7 Å². The fraction of sp³-hybridized carbons (Fsp3) is 0.259. The number of hydrogen-bond acceptors (Lipinski definition) is 6. The molecule has 0 spiro atoms. The first-order valence-electron chi connectivity index (χ1n) is 11.6. The molecule has 3 aromatic carbocycles. The van der Waals surface area contributed by atoms with Gasteiger partial charge in [-0.2, -0.15) is 0 Å². The van der Waals surface area contributed by atoms with E-state index in [1.54, 1.807) is 24.3 Å². The number of phosphoric acid groups is 1. The Morgan fingerprint density at radius 3 is 1.83 bits per heavy atom. The minimum absolute atomic E-state index is 0.0305. The maximum absolute atomic E-state index is 13.5. The molecule has 0 bridgehead atoms. The first-order chi connectivity index (χ1) is 17.4. The molecule has 190 valence electrons. The predicted octanol–water partition coefficient (Wildman–Crippen LogP) is 5.52. The first-order valence-corrected chi connectivity index (χ1v) is 13.1. The number of amides is 1. The highest BCUT2D eigenvalue weighted by Crippen LogP contribution is 2.51. The Kier molecular flexibility index (Phi) is 10.2. The van der Waals surface area contributed by atoms with Crippen molar-refractivity contribution < 1.29 is 32.8 Å². The van der Waals surface area contributed by atoms with Crippen LogP contribution in [0.2, 0.25) is 0 Å². The monoisotopic (exact) mass is 511 g/mol. The lowest BCUT2D eigenvalue weighted by atomic mass is 10.1. The van der Waals surface area contributed by atoms with Crippen LogP contribution in [0.3, 0.4) is 0 Å². The second-order valence-corrected chi connectivity index (χ2v) is 9.71. The maximum Gasteiger partial charge on any atom is 0.530 e. The molecule has 0 heterocycles. The predicted molar refractivity (Wildman–Crippen MR) is 135 cm³/mol. The number of rotatable bonds is 14. The van der Waals surface area contributed by atoms with Gasteiger partial charge in [0.1, 0.15) is 11.8 Å². The quantitative estimate of drug-likeness (QED) is 0.274. The first kappa shape index (κ1) is 27.1. The minimum Gasteiger partial charge on any atom is -0.480 e. The molecule has 8 nitrogen and oxygen atoms in total. The fourth-order valence-electron chi connectivity index (χ4n) is 3.29. The fourth-order valence-corrected chi connectivity index (χ4v) is 4.46. The molecule has 0 saturated heterocycles. The van der Waals surface area contributed by atoms with Gasteiger partial charge in [-0.15, -0.1) is 0 Å². The molecule has 2 N–H and O–H groups in total. The molecule has 0 unspecified atom stereocenters. The lowest BCUT2D eigenvalue weighted by molar-refractivity contribution is -0.141. The van der Waals surface area contributed by atoms with Gasteiger partial charge in [0.2, 0.25) is 5.91 Å². The van der Waals surface area contributed by atoms with Crippen LogP contribution >= 0.6 is 7.82 Å². The van der Waals surface area contributed by atoms with Crippen molar-refractivity contribution in [3.8, 4) is 5.75 Å². The summed E-state index contributed by atoms with van der Waals surface area (Å²) < 4.78 is 30.4. The number of phosphoric ester groups is 1. The van der Waals surface area contributed by atoms with Crippen LogP contribution in [0.25, 0.3) is 0 Å². The highest BCUT2D eigenvalue weighted by molar-refractivity contribution is 7.48. The molecule has 0 aromatic heterocycles. The standard InChI is InChI=1S/C27H30NO7P/c1-2-9-26(29)28-25(27(30)31)18-21-14-16-24(17-15-21)35-36(32,33-19-22-10-5-3-6-11-22)34-20-23-12-7-4-8-13-23/h3-8,10-17,25H,2,9,18-20H2,1H3,(H,28,29)(H,30,31)/t25-/m0/s1. The molecule has 0 aliphatic heterocycles. The number of carbonyl (C=O) groups is 2. The second kappa shape index (κ2) is 13.6. The molecular formula is C27H30NO7P. The van der Waals surface area contributed by atoms with Crippen LogP contribution in [0.5, 0.6) is 5.75 Å². The summed E-state index contributed by atoms with van der Waals surface area (Å²) in [7, 11) is -4.01. The molecule has 9 heteroatoms. The maximum atomic E-state index is 13.5. The SMILES string of the molecule is CCCC(=O)N[C@@H](Cc1ccc(OP(=O)(OCc2ccccc2)OCc2ccccc2)cc1)C(=O)O. The van der Waals surface area contributed by atoms with E-state index in [0.29, 0.717) is 12.0 Å². The smallest absolute Gasteiger partial charge is 0.480 e. The topological polar surface area (TPSA) is 111 Å². The molecule has 0 aliphatic carbocycles. The van der Waals surface area contributed by atoms with Crippen LogP contribution in [0.4, 0.5) is 0 Å². The summed E-state index contributed by atoms with van der Waals surface area (Å²) in [5, 5.41) is 12.0. The molecule has 1 atom stereocenters. The third kappa shape index (κ3) is 8.96. The molecule has 0 aliphatic rings. The van der Waals surface area contributed by atoms with Crippen LogP contribution < -0.4 is 9.84 Å². The highest BCUT2D eigenvalue weighted by Gasteiger charge is 2.29. The summed E-state index contributed by atoms with van der Waals surface area (Å²) in [5.74, 6) is -1.19. The van der Waals surface area contributed by atoms with Crippen LogP contribution in [0.15, 0.2) is 84.9 Å². The van der Waals surface area contributed by atoms with Crippen molar-refractivity contribution in [2.45, 2.75) is 45.4 Å². The Morgan fingerprint density at radius 2 is 1.36 bits per heavy atom. The van der Waals surface area contributed by atoms with Gasteiger partial charge in [0, 0.05) is 12.8 Å². The van der Waals surface area contributed by atoms with Crippen molar-refractivity contribution in [3.05, 3.63) is 102 Å². The average Bonchev–Trinajstić information content (AvgIpc) is 2.88. The number of hydrogen-bond donors (Lipinski definition) is 2. The van der Waals surface area contributed by atoms with Crippen molar-refractivity contribution in [2.24, 2.45) is 0 Å². The largest absolute Gasteiger partial charge is 0.530 e. The number of carboxylic acids is 1. The van der Waals surface area contributed by atoms with Gasteiger partial charge in [0.05, 0.1) is 13.2 Å². The Balaban J connectivity index is 1.68. The third-order valence-electron chi connectivity index (χ3n) is 5.16. The molecule has 0 fully saturated rings. The Morgan fingerprint density at radius 1 is 0.833 bits per heavy atom. The molecule has 0 saturated carbocycles. The lowest BCUT2D eigenvalue weighted by Gasteiger charge is -2.19. The number of benzene rings is 3. The van der Waals surface area contributed by atoms with Crippen LogP contribution in [-0.2, 0) is 42.8 Å². The van der Waals surface area contributed by atoms with E-state index in [2.05, 4.69) is 5.32 Å². The van der Waals surface area contributed by atoms with E-state index in [4.69, 9.17) is 13.6 Å². The summed E-state index contributed by atoms with van der Waals surface area (Å²) in [5.41, 5.74) is 2.28. The molecule has 0 radical (unpaired) electrons. The van der Waals surface area contributed by atoms with Gasteiger partial charge in [-0.05, 0) is 35.2 Å². The normalized spacial score (nSPS) is 12.0. The van der Waals surface area contributed by atoms with Crippen LogP contribution in [-0.4, -0.2) is 23.0 Å². The Labute approximate surface area is 210 Å². The van der Waals surface area contributed by atoms with E-state index in [9.17, 15) is 19.3 Å². The number of nitrogens with one attached hydrogen (secondary N) is 1. The van der Waals surface area contributed by atoms with E-state index in [-0.39, 0.29) is 37.7 Å². The average molecular weight is 512 g/mol. The summed E-state index contributed by atoms with van der Waals surface area (Å²) in [6, 6.07) is 23.9. The third-order valence-corrected chi connectivity index (χ3v) is 6.48. The van der Waals surface area contributed by atoms with Gasteiger partial charge in [0.25, 0.3) is 0 Å². The van der Waals surface area contributed by atoms with Gasteiger partial charge in [0.15, 0.2) is 0 Å². The summed E-state index contributed by atoms with van der Waals surface area (Å²) in [6.07, 6.45) is 0.985. The molecule has 3 aromatic rings. The lowest BCUT2D eigenvalue weighted by Crippen LogP contribution is -2.42. The van der Waals surface area contributed by atoms with E-state index in [1.165, 1.54) is 0 Å². The van der Waals surface area contributed by atoms with E-state index < -0.39 is 19.8 Å². The van der Waals surface area contributed by atoms with E-state index in [1.807, 2.05) is 67.6 Å². The van der Waals surface area contributed by atoms with E-state index >= 15 is 0 Å². The zero-order chi connectivity index (χ0) is 25.8. The van der Waals surface area contributed by atoms with E-state index in [0.717, 1.165) is 11.1 Å². The van der Waals surface area contributed by atoms with Crippen molar-refractivity contribution in [3.63, 3.8) is 0 Å². The van der Waals surface area contributed by atoms with Crippen molar-refractivity contribution >= 4 is 19.7 Å². The Bertz CT molecular complexity index is 1110. The molecule has 3 rings (SSSR count). The number of carboxylic acid groups (broad SMARTS) is 1.